The zero-order valence-corrected chi connectivity index (χ0v) is 10.6. The first-order valence-corrected chi connectivity index (χ1v) is 6.20. The van der Waals surface area contributed by atoms with Crippen molar-refractivity contribution in [2.24, 2.45) is 5.73 Å². The van der Waals surface area contributed by atoms with Gasteiger partial charge in [-0.15, -0.1) is 0 Å². The Morgan fingerprint density at radius 3 is 3.00 bits per heavy atom. The minimum Gasteiger partial charge on any atom is -0.369 e. The molecule has 0 amide bonds. The van der Waals surface area contributed by atoms with Crippen molar-refractivity contribution in [2.45, 2.75) is 18.9 Å². The average Bonchev–Trinajstić information content (AvgIpc) is 2.28. The Bertz CT molecular complexity index is 425. The Morgan fingerprint density at radius 1 is 1.50 bits per heavy atom. The van der Waals surface area contributed by atoms with Crippen LogP contribution in [0.4, 0.5) is 5.69 Å². The normalized spacial score (nSPS) is 20.6. The van der Waals surface area contributed by atoms with Gasteiger partial charge in [0.15, 0.2) is 0 Å². The molecule has 0 unspecified atom stereocenters. The molecule has 0 bridgehead atoms. The summed E-state index contributed by atoms with van der Waals surface area (Å²) in [6.07, 6.45) is 2.18. The molecule has 16 heavy (non-hydrogen) atoms. The van der Waals surface area contributed by atoms with Crippen molar-refractivity contribution in [2.75, 3.05) is 18.0 Å². The van der Waals surface area contributed by atoms with Gasteiger partial charge in [-0.2, -0.15) is 5.26 Å². The number of hydrogen-bond donors (Lipinski definition) is 1. The summed E-state index contributed by atoms with van der Waals surface area (Å²) in [4.78, 5) is 2.21. The van der Waals surface area contributed by atoms with E-state index in [0.29, 0.717) is 5.56 Å². The molecule has 0 aromatic heterocycles. The Balaban J connectivity index is 2.29. The smallest absolute Gasteiger partial charge is 0.101 e. The predicted octanol–water partition coefficient (Wildman–Crippen LogP) is 2.25. The van der Waals surface area contributed by atoms with Gasteiger partial charge in [0.25, 0.3) is 0 Å². The van der Waals surface area contributed by atoms with Crippen molar-refractivity contribution < 1.29 is 0 Å². The summed E-state index contributed by atoms with van der Waals surface area (Å²) in [7, 11) is 0. The van der Waals surface area contributed by atoms with Crippen LogP contribution < -0.4 is 10.6 Å². The highest BCUT2D eigenvalue weighted by atomic mass is 79.9. The molecule has 1 fully saturated rings. The van der Waals surface area contributed by atoms with Crippen LogP contribution in [0.1, 0.15) is 18.4 Å². The summed E-state index contributed by atoms with van der Waals surface area (Å²) in [5.41, 5.74) is 7.66. The van der Waals surface area contributed by atoms with Gasteiger partial charge in [-0.05, 0) is 31.0 Å². The summed E-state index contributed by atoms with van der Waals surface area (Å²) in [5.74, 6) is 0. The van der Waals surface area contributed by atoms with Crippen LogP contribution in [0.15, 0.2) is 22.7 Å². The Labute approximate surface area is 104 Å². The van der Waals surface area contributed by atoms with E-state index in [1.54, 1.807) is 0 Å². The van der Waals surface area contributed by atoms with E-state index in [9.17, 15) is 0 Å². The van der Waals surface area contributed by atoms with Crippen LogP contribution in [0.25, 0.3) is 0 Å². The maximum atomic E-state index is 9.11. The largest absolute Gasteiger partial charge is 0.369 e. The van der Waals surface area contributed by atoms with Crippen molar-refractivity contribution in [3.8, 4) is 6.07 Å². The zero-order chi connectivity index (χ0) is 11.5. The number of nitrogens with zero attached hydrogens (tertiary/aromatic N) is 2. The van der Waals surface area contributed by atoms with Gasteiger partial charge >= 0.3 is 0 Å². The Kier molecular flexibility index (Phi) is 3.47. The molecule has 1 aliphatic rings. The lowest BCUT2D eigenvalue weighted by Crippen LogP contribution is -2.43. The maximum absolute atomic E-state index is 9.11. The number of nitrogens with two attached hydrogens (primary N) is 1. The van der Waals surface area contributed by atoms with E-state index in [4.69, 9.17) is 11.0 Å². The molecule has 84 valence electrons. The highest BCUT2D eigenvalue weighted by Gasteiger charge is 2.19. The van der Waals surface area contributed by atoms with Crippen LogP contribution in [0, 0.1) is 11.3 Å². The second-order valence-corrected chi connectivity index (χ2v) is 5.04. The first-order valence-electron chi connectivity index (χ1n) is 5.41. The zero-order valence-electron chi connectivity index (χ0n) is 8.99. The summed E-state index contributed by atoms with van der Waals surface area (Å²) in [6.45, 7) is 1.83. The van der Waals surface area contributed by atoms with Crippen molar-refractivity contribution >= 4 is 21.6 Å². The monoisotopic (exact) mass is 279 g/mol. The van der Waals surface area contributed by atoms with E-state index in [2.05, 4.69) is 26.9 Å². The van der Waals surface area contributed by atoms with E-state index in [-0.39, 0.29) is 6.04 Å². The third kappa shape index (κ3) is 2.37. The van der Waals surface area contributed by atoms with Crippen molar-refractivity contribution in [1.29, 1.82) is 5.26 Å². The van der Waals surface area contributed by atoms with Gasteiger partial charge in [-0.25, -0.2) is 0 Å². The fourth-order valence-corrected chi connectivity index (χ4v) is 2.46. The molecule has 1 atom stereocenters. The number of rotatable bonds is 1. The van der Waals surface area contributed by atoms with Gasteiger partial charge in [0.2, 0.25) is 0 Å². The van der Waals surface area contributed by atoms with Gasteiger partial charge in [0.05, 0.1) is 11.3 Å². The molecule has 2 rings (SSSR count). The summed E-state index contributed by atoms with van der Waals surface area (Å²) in [6, 6.07) is 8.27. The lowest BCUT2D eigenvalue weighted by atomic mass is 10.0. The molecular weight excluding hydrogens is 266 g/mol. The number of nitriles is 1. The Morgan fingerprint density at radius 2 is 2.31 bits per heavy atom. The number of hydrogen-bond acceptors (Lipinski definition) is 3. The number of piperidine rings is 1. The first kappa shape index (κ1) is 11.4. The second-order valence-electron chi connectivity index (χ2n) is 4.12. The first-order chi connectivity index (χ1) is 7.70. The number of anilines is 1. The van der Waals surface area contributed by atoms with Gasteiger partial charge in [-0.3, -0.25) is 0 Å². The molecule has 3 nitrogen and oxygen atoms in total. The fourth-order valence-electron chi connectivity index (χ4n) is 2.10. The molecule has 0 aliphatic carbocycles. The lowest BCUT2D eigenvalue weighted by Gasteiger charge is -2.33. The summed E-state index contributed by atoms with van der Waals surface area (Å²) in [5, 5.41) is 9.11. The standard InChI is InChI=1S/C12H14BrN3/c13-10-3-4-12(9(6-10)7-14)16-5-1-2-11(15)8-16/h3-4,6,11H,1-2,5,8,15H2/t11-/m1/s1. The fraction of sp³-hybridized carbons (Fsp3) is 0.417. The van der Waals surface area contributed by atoms with Crippen LogP contribution in [0.2, 0.25) is 0 Å². The maximum Gasteiger partial charge on any atom is 0.101 e. The van der Waals surface area contributed by atoms with Crippen molar-refractivity contribution in [3.05, 3.63) is 28.2 Å². The number of halogens is 1. The van der Waals surface area contributed by atoms with E-state index in [1.807, 2.05) is 18.2 Å². The van der Waals surface area contributed by atoms with Crippen LogP contribution in [0.5, 0.6) is 0 Å². The molecular formula is C12H14BrN3. The quantitative estimate of drug-likeness (QED) is 0.858. The second kappa shape index (κ2) is 4.86. The molecule has 0 spiro atoms. The van der Waals surface area contributed by atoms with Gasteiger partial charge in [-0.1, -0.05) is 15.9 Å². The molecule has 1 saturated heterocycles. The van der Waals surface area contributed by atoms with E-state index >= 15 is 0 Å². The molecule has 4 heteroatoms. The Hall–Kier alpha value is -1.05. The molecule has 0 radical (unpaired) electrons. The summed E-state index contributed by atoms with van der Waals surface area (Å²) < 4.78 is 0.939. The molecule has 0 saturated carbocycles. The lowest BCUT2D eigenvalue weighted by molar-refractivity contribution is 0.506. The summed E-state index contributed by atoms with van der Waals surface area (Å²) >= 11 is 3.38. The minimum absolute atomic E-state index is 0.226. The van der Waals surface area contributed by atoms with Gasteiger partial charge < -0.3 is 10.6 Å². The molecule has 1 heterocycles. The van der Waals surface area contributed by atoms with E-state index in [1.165, 1.54) is 0 Å². The minimum atomic E-state index is 0.226. The van der Waals surface area contributed by atoms with Gasteiger partial charge in [0, 0.05) is 23.6 Å². The SMILES string of the molecule is N#Cc1cc(Br)ccc1N1CCC[C@@H](N)C1. The third-order valence-electron chi connectivity index (χ3n) is 2.88. The number of benzene rings is 1. The van der Waals surface area contributed by atoms with E-state index < -0.39 is 0 Å². The van der Waals surface area contributed by atoms with Crippen LogP contribution >= 0.6 is 15.9 Å². The van der Waals surface area contributed by atoms with Crippen molar-refractivity contribution in [3.63, 3.8) is 0 Å². The third-order valence-corrected chi connectivity index (χ3v) is 3.37. The molecule has 1 aromatic carbocycles. The van der Waals surface area contributed by atoms with Crippen molar-refractivity contribution in [1.82, 2.24) is 0 Å². The van der Waals surface area contributed by atoms with Crippen LogP contribution in [-0.2, 0) is 0 Å². The topological polar surface area (TPSA) is 53.0 Å². The van der Waals surface area contributed by atoms with E-state index in [0.717, 1.165) is 36.1 Å². The van der Waals surface area contributed by atoms with Crippen LogP contribution in [0.3, 0.4) is 0 Å². The van der Waals surface area contributed by atoms with Gasteiger partial charge in [0.1, 0.15) is 6.07 Å². The average molecular weight is 280 g/mol. The van der Waals surface area contributed by atoms with Crippen LogP contribution in [-0.4, -0.2) is 19.1 Å². The molecule has 1 aromatic rings. The molecule has 2 N–H and O–H groups in total. The highest BCUT2D eigenvalue weighted by Crippen LogP contribution is 2.26. The highest BCUT2D eigenvalue weighted by molar-refractivity contribution is 9.10. The predicted molar refractivity (Wildman–Crippen MR) is 68.3 cm³/mol. The molecule has 1 aliphatic heterocycles.